The Labute approximate surface area is 174 Å². The monoisotopic (exact) mass is 426 g/mol. The van der Waals surface area contributed by atoms with E-state index in [-0.39, 0.29) is 17.3 Å². The van der Waals surface area contributed by atoms with Crippen LogP contribution in [0.2, 0.25) is 0 Å². The first-order valence-corrected chi connectivity index (χ1v) is 11.1. The average molecular weight is 427 g/mol. The van der Waals surface area contributed by atoms with Gasteiger partial charge in [-0.25, -0.2) is 13.1 Å². The zero-order chi connectivity index (χ0) is 21.1. The molecule has 2 aromatic carbocycles. The summed E-state index contributed by atoms with van der Waals surface area (Å²) in [7, 11) is -3.70. The second-order valence-electron chi connectivity index (χ2n) is 7.31. The average Bonchev–Trinajstić information content (AvgIpc) is 3.30. The van der Waals surface area contributed by atoms with Gasteiger partial charge in [0.05, 0.1) is 16.5 Å². The zero-order valence-corrected chi connectivity index (χ0v) is 17.3. The standard InChI is InChI=1S/C20H22N6O3S/c1-15-4-6-17(7-5-15)22-20(27)16-3-2-12-25(13-16)30(28,29)19-10-8-18(9-11-19)26-14-21-23-24-26/h4-11,14,16H,2-3,12-13H2,1H3,(H,22,27)/t16-/m0/s1. The lowest BCUT2D eigenvalue weighted by Gasteiger charge is -2.31. The fourth-order valence-corrected chi connectivity index (χ4v) is 4.98. The molecule has 0 spiro atoms. The number of hydrogen-bond donors (Lipinski definition) is 1. The summed E-state index contributed by atoms with van der Waals surface area (Å²) in [5.41, 5.74) is 2.48. The lowest BCUT2D eigenvalue weighted by atomic mass is 9.98. The Hall–Kier alpha value is -3.11. The minimum Gasteiger partial charge on any atom is -0.326 e. The van der Waals surface area contributed by atoms with E-state index in [0.717, 1.165) is 5.56 Å². The number of piperidine rings is 1. The maximum absolute atomic E-state index is 13.1. The fraction of sp³-hybridized carbons (Fsp3) is 0.300. The number of nitrogens with zero attached hydrogens (tertiary/aromatic N) is 5. The van der Waals surface area contributed by atoms with Gasteiger partial charge in [-0.2, -0.15) is 4.31 Å². The van der Waals surface area contributed by atoms with Crippen molar-refractivity contribution in [1.29, 1.82) is 0 Å². The number of carbonyl (C=O) groups is 1. The van der Waals surface area contributed by atoms with Crippen LogP contribution in [0.1, 0.15) is 18.4 Å². The van der Waals surface area contributed by atoms with Gasteiger partial charge in [0, 0.05) is 18.8 Å². The van der Waals surface area contributed by atoms with Crippen molar-refractivity contribution in [2.75, 3.05) is 18.4 Å². The number of aromatic nitrogens is 4. The van der Waals surface area contributed by atoms with E-state index in [1.807, 2.05) is 31.2 Å². The number of aryl methyl sites for hydroxylation is 1. The fourth-order valence-electron chi connectivity index (χ4n) is 3.46. The number of sulfonamides is 1. The number of amides is 1. The second kappa shape index (κ2) is 8.33. The Bertz CT molecular complexity index is 1110. The van der Waals surface area contributed by atoms with E-state index in [9.17, 15) is 13.2 Å². The molecule has 1 aliphatic rings. The normalized spacial score (nSPS) is 17.6. The Morgan fingerprint density at radius 3 is 2.50 bits per heavy atom. The largest absolute Gasteiger partial charge is 0.326 e. The molecule has 10 heteroatoms. The van der Waals surface area contributed by atoms with Crippen molar-refractivity contribution in [1.82, 2.24) is 24.5 Å². The van der Waals surface area contributed by atoms with Crippen LogP contribution in [-0.2, 0) is 14.8 Å². The summed E-state index contributed by atoms with van der Waals surface area (Å²) in [5.74, 6) is -0.553. The van der Waals surface area contributed by atoms with Crippen LogP contribution in [0.4, 0.5) is 5.69 Å². The molecule has 0 saturated carbocycles. The molecule has 0 aliphatic carbocycles. The molecule has 0 radical (unpaired) electrons. The summed E-state index contributed by atoms with van der Waals surface area (Å²) in [6.07, 6.45) is 2.72. The van der Waals surface area contributed by atoms with Crippen molar-refractivity contribution in [2.24, 2.45) is 5.92 Å². The summed E-state index contributed by atoms with van der Waals surface area (Å²) >= 11 is 0. The third kappa shape index (κ3) is 4.24. The molecular weight excluding hydrogens is 404 g/mol. The molecule has 1 atom stereocenters. The molecule has 0 bridgehead atoms. The van der Waals surface area contributed by atoms with Gasteiger partial charge >= 0.3 is 0 Å². The van der Waals surface area contributed by atoms with E-state index in [4.69, 9.17) is 0 Å². The van der Waals surface area contributed by atoms with Crippen molar-refractivity contribution in [3.63, 3.8) is 0 Å². The topological polar surface area (TPSA) is 110 Å². The van der Waals surface area contributed by atoms with Crippen LogP contribution in [-0.4, -0.2) is 51.9 Å². The highest BCUT2D eigenvalue weighted by Crippen LogP contribution is 2.25. The molecule has 0 unspecified atom stereocenters. The van der Waals surface area contributed by atoms with Gasteiger partial charge in [0.2, 0.25) is 15.9 Å². The van der Waals surface area contributed by atoms with Gasteiger partial charge in [-0.1, -0.05) is 17.7 Å². The Morgan fingerprint density at radius 2 is 1.83 bits per heavy atom. The van der Waals surface area contributed by atoms with Crippen LogP contribution in [0.15, 0.2) is 59.8 Å². The molecule has 1 aromatic heterocycles. The number of carbonyl (C=O) groups excluding carboxylic acids is 1. The quantitative estimate of drug-likeness (QED) is 0.668. The third-order valence-corrected chi connectivity index (χ3v) is 7.04. The second-order valence-corrected chi connectivity index (χ2v) is 9.24. The van der Waals surface area contributed by atoms with Crippen molar-refractivity contribution in [2.45, 2.75) is 24.7 Å². The molecule has 4 rings (SSSR count). The first kappa shape index (κ1) is 20.2. The molecular formula is C20H22N6O3S. The van der Waals surface area contributed by atoms with Crippen molar-refractivity contribution in [3.8, 4) is 5.69 Å². The highest BCUT2D eigenvalue weighted by atomic mass is 32.2. The van der Waals surface area contributed by atoms with E-state index in [1.165, 1.54) is 27.4 Å². The number of benzene rings is 2. The Balaban J connectivity index is 1.46. The molecule has 1 amide bonds. The van der Waals surface area contributed by atoms with Gasteiger partial charge in [0.25, 0.3) is 0 Å². The Morgan fingerprint density at radius 1 is 1.10 bits per heavy atom. The van der Waals surface area contributed by atoms with E-state index in [0.29, 0.717) is 30.8 Å². The smallest absolute Gasteiger partial charge is 0.243 e. The van der Waals surface area contributed by atoms with Gasteiger partial charge in [0.1, 0.15) is 6.33 Å². The highest BCUT2D eigenvalue weighted by Gasteiger charge is 2.33. The molecule has 1 fully saturated rings. The lowest BCUT2D eigenvalue weighted by molar-refractivity contribution is -0.120. The zero-order valence-electron chi connectivity index (χ0n) is 16.5. The van der Waals surface area contributed by atoms with Gasteiger partial charge in [-0.05, 0) is 66.6 Å². The van der Waals surface area contributed by atoms with E-state index < -0.39 is 15.9 Å². The summed E-state index contributed by atoms with van der Waals surface area (Å²) in [6.45, 7) is 2.53. The predicted molar refractivity (Wildman–Crippen MR) is 110 cm³/mol. The first-order chi connectivity index (χ1) is 14.4. The van der Waals surface area contributed by atoms with Gasteiger partial charge < -0.3 is 5.32 Å². The summed E-state index contributed by atoms with van der Waals surface area (Å²) in [5, 5.41) is 13.8. The third-order valence-electron chi connectivity index (χ3n) is 5.16. The van der Waals surface area contributed by atoms with Gasteiger partial charge in [-0.15, -0.1) is 5.10 Å². The van der Waals surface area contributed by atoms with Crippen molar-refractivity contribution in [3.05, 3.63) is 60.4 Å². The maximum Gasteiger partial charge on any atom is 0.243 e. The van der Waals surface area contributed by atoms with Crippen LogP contribution < -0.4 is 5.32 Å². The number of hydrogen-bond acceptors (Lipinski definition) is 6. The number of anilines is 1. The molecule has 30 heavy (non-hydrogen) atoms. The predicted octanol–water partition coefficient (Wildman–Crippen LogP) is 2.01. The van der Waals surface area contributed by atoms with Crippen LogP contribution in [0, 0.1) is 12.8 Å². The van der Waals surface area contributed by atoms with E-state index >= 15 is 0 Å². The molecule has 9 nitrogen and oxygen atoms in total. The Kier molecular flexibility index (Phi) is 5.60. The SMILES string of the molecule is Cc1ccc(NC(=O)[C@H]2CCCN(S(=O)(=O)c3ccc(-n4cnnn4)cc3)C2)cc1. The van der Waals surface area contributed by atoms with Gasteiger partial charge in [0.15, 0.2) is 0 Å². The van der Waals surface area contributed by atoms with E-state index in [2.05, 4.69) is 20.8 Å². The van der Waals surface area contributed by atoms with Crippen LogP contribution >= 0.6 is 0 Å². The summed E-state index contributed by atoms with van der Waals surface area (Å²) in [4.78, 5) is 12.9. The highest BCUT2D eigenvalue weighted by molar-refractivity contribution is 7.89. The molecule has 1 N–H and O–H groups in total. The number of tetrazole rings is 1. The van der Waals surface area contributed by atoms with Crippen LogP contribution in [0.5, 0.6) is 0 Å². The molecule has 156 valence electrons. The maximum atomic E-state index is 13.1. The molecule has 1 saturated heterocycles. The lowest BCUT2D eigenvalue weighted by Crippen LogP contribution is -2.43. The van der Waals surface area contributed by atoms with Crippen molar-refractivity contribution >= 4 is 21.6 Å². The summed E-state index contributed by atoms with van der Waals surface area (Å²) in [6, 6.07) is 13.9. The minimum atomic E-state index is -3.70. The molecule has 3 aromatic rings. The van der Waals surface area contributed by atoms with Crippen LogP contribution in [0.3, 0.4) is 0 Å². The number of nitrogens with one attached hydrogen (secondary N) is 1. The summed E-state index contributed by atoms with van der Waals surface area (Å²) < 4.78 is 29.0. The molecule has 1 aliphatic heterocycles. The first-order valence-electron chi connectivity index (χ1n) is 9.64. The molecule has 2 heterocycles. The number of rotatable bonds is 5. The minimum absolute atomic E-state index is 0.159. The van der Waals surface area contributed by atoms with Gasteiger partial charge in [-0.3, -0.25) is 4.79 Å². The van der Waals surface area contributed by atoms with Crippen molar-refractivity contribution < 1.29 is 13.2 Å². The van der Waals surface area contributed by atoms with E-state index in [1.54, 1.807) is 12.1 Å². The van der Waals surface area contributed by atoms with Crippen LogP contribution in [0.25, 0.3) is 5.69 Å².